The van der Waals surface area contributed by atoms with Gasteiger partial charge in [-0.3, -0.25) is 14.4 Å². The van der Waals surface area contributed by atoms with E-state index in [1.807, 2.05) is 0 Å². The van der Waals surface area contributed by atoms with E-state index >= 15 is 0 Å². The van der Waals surface area contributed by atoms with Gasteiger partial charge >= 0.3 is 5.97 Å². The Balaban J connectivity index is 2.32. The fourth-order valence-corrected chi connectivity index (χ4v) is 2.87. The summed E-state index contributed by atoms with van der Waals surface area (Å²) in [5, 5.41) is 48.4. The minimum Gasteiger partial charge on any atom is -0.508 e. The smallest absolute Gasteiger partial charge is 0.306 e. The van der Waals surface area contributed by atoms with Crippen LogP contribution in [0.1, 0.15) is 23.7 Å². The molecule has 3 rings (SSSR count). The van der Waals surface area contributed by atoms with Crippen LogP contribution in [0.2, 0.25) is 0 Å². The number of phenols is 3. The number of carboxylic acid groups (broad SMARTS) is 1. The number of hydrogen-bond acceptors (Lipinski definition) is 8. The van der Waals surface area contributed by atoms with Gasteiger partial charge in [-0.1, -0.05) is 6.92 Å². The van der Waals surface area contributed by atoms with Gasteiger partial charge in [0.2, 0.25) is 11.2 Å². The van der Waals surface area contributed by atoms with Crippen LogP contribution in [0.25, 0.3) is 22.3 Å². The Labute approximate surface area is 162 Å². The van der Waals surface area contributed by atoms with Crippen molar-refractivity contribution in [3.05, 3.63) is 46.1 Å². The van der Waals surface area contributed by atoms with Crippen molar-refractivity contribution in [2.75, 3.05) is 0 Å². The summed E-state index contributed by atoms with van der Waals surface area (Å²) in [7, 11) is 0. The van der Waals surface area contributed by atoms with Gasteiger partial charge in [0.1, 0.15) is 28.2 Å². The van der Waals surface area contributed by atoms with Crippen molar-refractivity contribution in [3.63, 3.8) is 0 Å². The number of benzene rings is 2. The average molecular weight is 400 g/mol. The second kappa shape index (κ2) is 7.19. The van der Waals surface area contributed by atoms with Crippen LogP contribution in [0.4, 0.5) is 0 Å². The molecule has 0 saturated carbocycles. The largest absolute Gasteiger partial charge is 0.508 e. The van der Waals surface area contributed by atoms with Gasteiger partial charge in [-0.15, -0.1) is 0 Å². The Bertz CT molecular complexity index is 1190. The number of rotatable bonds is 5. The summed E-state index contributed by atoms with van der Waals surface area (Å²) >= 11 is 0. The highest BCUT2D eigenvalue weighted by atomic mass is 16.4. The van der Waals surface area contributed by atoms with Crippen LogP contribution in [-0.4, -0.2) is 37.3 Å². The lowest BCUT2D eigenvalue weighted by Gasteiger charge is -2.12. The summed E-state index contributed by atoms with van der Waals surface area (Å²) in [5.74, 6) is -5.84. The lowest BCUT2D eigenvalue weighted by Crippen LogP contribution is -2.15. The van der Waals surface area contributed by atoms with Gasteiger partial charge in [0, 0.05) is 18.1 Å². The summed E-state index contributed by atoms with van der Waals surface area (Å²) in [6.45, 7) is 1.30. The van der Waals surface area contributed by atoms with Crippen molar-refractivity contribution in [2.24, 2.45) is 5.92 Å². The van der Waals surface area contributed by atoms with Gasteiger partial charge in [-0.2, -0.15) is 0 Å². The lowest BCUT2D eigenvalue weighted by atomic mass is 9.96. The Morgan fingerprint density at radius 1 is 1.03 bits per heavy atom. The van der Waals surface area contributed by atoms with Crippen molar-refractivity contribution in [2.45, 2.75) is 13.3 Å². The van der Waals surface area contributed by atoms with E-state index in [0.29, 0.717) is 0 Å². The molecule has 0 aliphatic heterocycles. The van der Waals surface area contributed by atoms with Crippen LogP contribution >= 0.6 is 0 Å². The molecule has 0 spiro atoms. The number of hydrogen-bond donors (Lipinski definition) is 5. The van der Waals surface area contributed by atoms with Gasteiger partial charge in [0.05, 0.1) is 5.92 Å². The summed E-state index contributed by atoms with van der Waals surface area (Å²) < 4.78 is 5.54. The second-order valence-electron chi connectivity index (χ2n) is 6.52. The summed E-state index contributed by atoms with van der Waals surface area (Å²) in [6.07, 6.45) is -0.498. The molecule has 29 heavy (non-hydrogen) atoms. The third-order valence-electron chi connectivity index (χ3n) is 4.42. The first-order valence-electron chi connectivity index (χ1n) is 8.42. The standard InChI is InChI=1S/C20H16O9/c1-8(20(27)28)6-11(22)14-12(23)7-13(24)15-16(25)17(26)18(29-19(14)15)9-2-4-10(21)5-3-9/h2-5,7-8,21,23-24,26H,6H2,1H3,(H,27,28). The molecule has 0 bridgehead atoms. The molecule has 0 amide bonds. The molecule has 0 aliphatic carbocycles. The van der Waals surface area contributed by atoms with Gasteiger partial charge in [0.15, 0.2) is 17.1 Å². The number of carbonyl (C=O) groups is 2. The van der Waals surface area contributed by atoms with E-state index in [1.54, 1.807) is 0 Å². The fourth-order valence-electron chi connectivity index (χ4n) is 2.87. The minimum atomic E-state index is -1.23. The summed E-state index contributed by atoms with van der Waals surface area (Å²) in [4.78, 5) is 36.3. The first-order chi connectivity index (χ1) is 13.6. The maximum absolute atomic E-state index is 12.6. The van der Waals surface area contributed by atoms with E-state index in [1.165, 1.54) is 31.2 Å². The number of aliphatic carboxylic acids is 1. The molecule has 2 aromatic carbocycles. The lowest BCUT2D eigenvalue weighted by molar-refractivity contribution is -0.141. The molecule has 150 valence electrons. The normalized spacial score (nSPS) is 12.0. The number of fused-ring (bicyclic) bond motifs is 1. The molecule has 3 aromatic rings. The molecule has 0 radical (unpaired) electrons. The molecule has 1 unspecified atom stereocenters. The minimum absolute atomic E-state index is 0.0785. The highest BCUT2D eigenvalue weighted by molar-refractivity contribution is 6.10. The van der Waals surface area contributed by atoms with E-state index in [9.17, 15) is 34.8 Å². The van der Waals surface area contributed by atoms with Crippen molar-refractivity contribution < 1.29 is 39.5 Å². The number of carboxylic acids is 1. The average Bonchev–Trinajstić information content (AvgIpc) is 2.64. The van der Waals surface area contributed by atoms with Crippen LogP contribution in [0, 0.1) is 5.92 Å². The van der Waals surface area contributed by atoms with E-state index in [2.05, 4.69) is 0 Å². The van der Waals surface area contributed by atoms with E-state index in [4.69, 9.17) is 9.52 Å². The van der Waals surface area contributed by atoms with Crippen LogP contribution < -0.4 is 5.43 Å². The van der Waals surface area contributed by atoms with Crippen LogP contribution in [-0.2, 0) is 4.79 Å². The first-order valence-corrected chi connectivity index (χ1v) is 8.42. The second-order valence-corrected chi connectivity index (χ2v) is 6.52. The molecule has 0 saturated heterocycles. The third kappa shape index (κ3) is 3.45. The molecule has 9 heteroatoms. The zero-order valence-corrected chi connectivity index (χ0v) is 15.0. The topological polar surface area (TPSA) is 165 Å². The van der Waals surface area contributed by atoms with Crippen LogP contribution in [0.15, 0.2) is 39.5 Å². The zero-order valence-electron chi connectivity index (χ0n) is 15.0. The maximum atomic E-state index is 12.6. The van der Waals surface area contributed by atoms with Crippen molar-refractivity contribution in [1.82, 2.24) is 0 Å². The SMILES string of the molecule is CC(CC(=O)c1c(O)cc(O)c2c(=O)c(O)c(-c3ccc(O)cc3)oc12)C(=O)O. The molecule has 1 heterocycles. The van der Waals surface area contributed by atoms with Gasteiger partial charge in [-0.05, 0) is 24.3 Å². The van der Waals surface area contributed by atoms with Crippen molar-refractivity contribution >= 4 is 22.7 Å². The third-order valence-corrected chi connectivity index (χ3v) is 4.42. The predicted octanol–water partition coefficient (Wildman–Crippen LogP) is 2.58. The first kappa shape index (κ1) is 19.7. The van der Waals surface area contributed by atoms with Crippen molar-refractivity contribution in [1.29, 1.82) is 0 Å². The van der Waals surface area contributed by atoms with E-state index < -0.39 is 63.3 Å². The Kier molecular flexibility index (Phi) is 4.90. The number of carbonyl (C=O) groups excluding carboxylic acids is 1. The molecular weight excluding hydrogens is 384 g/mol. The number of Topliss-reactive ketones (excluding diaryl/α,β-unsaturated/α-hetero) is 1. The van der Waals surface area contributed by atoms with Crippen LogP contribution in [0.5, 0.6) is 23.0 Å². The molecule has 1 aromatic heterocycles. The zero-order chi connectivity index (χ0) is 21.5. The molecule has 9 nitrogen and oxygen atoms in total. The van der Waals surface area contributed by atoms with E-state index in [-0.39, 0.29) is 17.1 Å². The van der Waals surface area contributed by atoms with Gasteiger partial charge in [0.25, 0.3) is 0 Å². The highest BCUT2D eigenvalue weighted by Gasteiger charge is 2.27. The predicted molar refractivity (Wildman–Crippen MR) is 100 cm³/mol. The molecule has 1 atom stereocenters. The number of phenolic OH excluding ortho intramolecular Hbond substituents is 3. The fraction of sp³-hybridized carbons (Fsp3) is 0.150. The molecule has 5 N–H and O–H groups in total. The Hall–Kier alpha value is -4.01. The molecular formula is C20H16O9. The van der Waals surface area contributed by atoms with Gasteiger partial charge < -0.3 is 29.9 Å². The van der Waals surface area contributed by atoms with Gasteiger partial charge in [-0.25, -0.2) is 0 Å². The van der Waals surface area contributed by atoms with Crippen LogP contribution in [0.3, 0.4) is 0 Å². The summed E-state index contributed by atoms with van der Waals surface area (Å²) in [5.41, 5.74) is -1.84. The summed E-state index contributed by atoms with van der Waals surface area (Å²) in [6, 6.07) is 5.99. The number of ketones is 1. The Morgan fingerprint density at radius 3 is 2.24 bits per heavy atom. The number of aromatic hydroxyl groups is 4. The van der Waals surface area contributed by atoms with E-state index in [0.717, 1.165) is 6.07 Å². The van der Waals surface area contributed by atoms with Crippen molar-refractivity contribution in [3.8, 4) is 34.3 Å². The molecule has 0 fully saturated rings. The highest BCUT2D eigenvalue weighted by Crippen LogP contribution is 2.39. The quantitative estimate of drug-likeness (QED) is 0.405. The Morgan fingerprint density at radius 2 is 1.66 bits per heavy atom. The molecule has 0 aliphatic rings. The maximum Gasteiger partial charge on any atom is 0.306 e. The monoisotopic (exact) mass is 400 g/mol.